The third-order valence-corrected chi connectivity index (χ3v) is 7.31. The Labute approximate surface area is 173 Å². The SMILES string of the molecule is CC(C)(C)CCN1CC=CC(C(=O)O)=C1SC1CCCC1Cc1ccccc1. The third kappa shape index (κ3) is 5.66. The lowest BCUT2D eigenvalue weighted by Gasteiger charge is -2.34. The van der Waals surface area contributed by atoms with Crippen molar-refractivity contribution in [1.82, 2.24) is 4.90 Å². The molecule has 28 heavy (non-hydrogen) atoms. The molecule has 0 aromatic heterocycles. The van der Waals surface area contributed by atoms with E-state index >= 15 is 0 Å². The van der Waals surface area contributed by atoms with E-state index in [1.165, 1.54) is 24.8 Å². The molecule has 1 heterocycles. The van der Waals surface area contributed by atoms with Crippen molar-refractivity contribution in [2.24, 2.45) is 11.3 Å². The van der Waals surface area contributed by atoms with Crippen molar-refractivity contribution >= 4 is 17.7 Å². The van der Waals surface area contributed by atoms with Gasteiger partial charge in [0.05, 0.1) is 10.6 Å². The maximum Gasteiger partial charge on any atom is 0.338 e. The molecule has 0 spiro atoms. The van der Waals surface area contributed by atoms with Crippen LogP contribution in [0, 0.1) is 11.3 Å². The largest absolute Gasteiger partial charge is 0.478 e. The summed E-state index contributed by atoms with van der Waals surface area (Å²) in [5, 5.41) is 11.3. The molecular weight excluding hydrogens is 366 g/mol. The lowest BCUT2D eigenvalue weighted by molar-refractivity contribution is -0.132. The standard InChI is InChI=1S/C24H33NO2S/c1-24(2,3)14-16-25-15-8-12-20(23(26)27)22(25)28-21-13-7-11-19(21)17-18-9-5-4-6-10-18/h4-6,8-10,12,19,21H,7,11,13-17H2,1-3H3,(H,26,27). The van der Waals surface area contributed by atoms with Crippen LogP contribution in [0.25, 0.3) is 0 Å². The van der Waals surface area contributed by atoms with Crippen LogP contribution in [0.2, 0.25) is 0 Å². The first-order valence-corrected chi connectivity index (χ1v) is 11.3. The van der Waals surface area contributed by atoms with Crippen molar-refractivity contribution in [3.63, 3.8) is 0 Å². The van der Waals surface area contributed by atoms with Crippen LogP contribution in [0.4, 0.5) is 0 Å². The maximum atomic E-state index is 11.9. The van der Waals surface area contributed by atoms with E-state index in [0.717, 1.165) is 31.0 Å². The van der Waals surface area contributed by atoms with E-state index < -0.39 is 5.97 Å². The molecule has 1 fully saturated rings. The van der Waals surface area contributed by atoms with Gasteiger partial charge in [-0.25, -0.2) is 4.79 Å². The molecule has 1 aliphatic heterocycles. The van der Waals surface area contributed by atoms with E-state index in [-0.39, 0.29) is 5.41 Å². The fourth-order valence-electron chi connectivity index (χ4n) is 4.04. The maximum absolute atomic E-state index is 11.9. The summed E-state index contributed by atoms with van der Waals surface area (Å²) in [5.41, 5.74) is 2.10. The van der Waals surface area contributed by atoms with Gasteiger partial charge in [0.25, 0.3) is 0 Å². The molecule has 3 nitrogen and oxygen atoms in total. The predicted octanol–water partition coefficient (Wildman–Crippen LogP) is 5.74. The molecule has 1 N–H and O–H groups in total. The molecular formula is C24H33NO2S. The van der Waals surface area contributed by atoms with Crippen LogP contribution in [0.5, 0.6) is 0 Å². The fourth-order valence-corrected chi connectivity index (χ4v) is 5.63. The number of thioether (sulfide) groups is 1. The Bertz CT molecular complexity index is 733. The Morgan fingerprint density at radius 3 is 2.64 bits per heavy atom. The van der Waals surface area contributed by atoms with Crippen molar-refractivity contribution in [3.05, 3.63) is 58.6 Å². The van der Waals surface area contributed by atoms with Gasteiger partial charge in [-0.2, -0.15) is 0 Å². The average molecular weight is 400 g/mol. The van der Waals surface area contributed by atoms with Crippen LogP contribution >= 0.6 is 11.8 Å². The van der Waals surface area contributed by atoms with Crippen LogP contribution in [0.1, 0.15) is 52.0 Å². The number of nitrogens with zero attached hydrogens (tertiary/aromatic N) is 1. The summed E-state index contributed by atoms with van der Waals surface area (Å²) < 4.78 is 0. The number of carboxylic acid groups (broad SMARTS) is 1. The zero-order valence-corrected chi connectivity index (χ0v) is 18.2. The van der Waals surface area contributed by atoms with E-state index in [4.69, 9.17) is 0 Å². The Kier molecular flexibility index (Phi) is 6.92. The highest BCUT2D eigenvalue weighted by molar-refractivity contribution is 8.03. The second kappa shape index (κ2) is 9.21. The monoisotopic (exact) mass is 399 g/mol. The molecule has 3 rings (SSSR count). The number of rotatable bonds is 7. The molecule has 1 aromatic rings. The lowest BCUT2D eigenvalue weighted by Crippen LogP contribution is -2.31. The van der Waals surface area contributed by atoms with E-state index in [9.17, 15) is 9.90 Å². The van der Waals surface area contributed by atoms with Crippen LogP contribution in [0.15, 0.2) is 53.1 Å². The first-order valence-electron chi connectivity index (χ1n) is 10.4. The van der Waals surface area contributed by atoms with Gasteiger partial charge < -0.3 is 10.0 Å². The highest BCUT2D eigenvalue weighted by Crippen LogP contribution is 2.43. The van der Waals surface area contributed by atoms with Crippen molar-refractivity contribution in [2.75, 3.05) is 13.1 Å². The summed E-state index contributed by atoms with van der Waals surface area (Å²) in [4.78, 5) is 14.2. The van der Waals surface area contributed by atoms with E-state index in [2.05, 4.69) is 56.0 Å². The summed E-state index contributed by atoms with van der Waals surface area (Å²) in [6.07, 6.45) is 9.59. The van der Waals surface area contributed by atoms with Crippen LogP contribution < -0.4 is 0 Å². The van der Waals surface area contributed by atoms with E-state index in [1.807, 2.05) is 17.8 Å². The smallest absolute Gasteiger partial charge is 0.338 e. The molecule has 2 unspecified atom stereocenters. The second-order valence-corrected chi connectivity index (χ2v) is 10.4. The molecule has 2 atom stereocenters. The Morgan fingerprint density at radius 1 is 1.21 bits per heavy atom. The molecule has 0 amide bonds. The zero-order chi connectivity index (χ0) is 20.1. The van der Waals surface area contributed by atoms with Gasteiger partial charge in [0.15, 0.2) is 0 Å². The Balaban J connectivity index is 1.76. The molecule has 0 saturated heterocycles. The van der Waals surface area contributed by atoms with Gasteiger partial charge in [-0.15, -0.1) is 11.8 Å². The Hall–Kier alpha value is -1.68. The molecule has 4 heteroatoms. The minimum absolute atomic E-state index is 0.240. The van der Waals surface area contributed by atoms with Gasteiger partial charge >= 0.3 is 5.97 Å². The van der Waals surface area contributed by atoms with Crippen molar-refractivity contribution in [1.29, 1.82) is 0 Å². The quantitative estimate of drug-likeness (QED) is 0.635. The van der Waals surface area contributed by atoms with Crippen LogP contribution in [-0.2, 0) is 11.2 Å². The van der Waals surface area contributed by atoms with Gasteiger partial charge in [-0.1, -0.05) is 63.6 Å². The number of hydrogen-bond donors (Lipinski definition) is 1. The number of carbonyl (C=O) groups is 1. The van der Waals surface area contributed by atoms with Crippen LogP contribution in [0.3, 0.4) is 0 Å². The van der Waals surface area contributed by atoms with E-state index in [0.29, 0.717) is 16.7 Å². The van der Waals surface area contributed by atoms with Gasteiger partial charge in [0.2, 0.25) is 0 Å². The zero-order valence-electron chi connectivity index (χ0n) is 17.4. The van der Waals surface area contributed by atoms with Crippen molar-refractivity contribution in [3.8, 4) is 0 Å². The van der Waals surface area contributed by atoms with E-state index in [1.54, 1.807) is 6.08 Å². The number of benzene rings is 1. The predicted molar refractivity (Wildman–Crippen MR) is 118 cm³/mol. The molecule has 2 aliphatic rings. The number of hydrogen-bond acceptors (Lipinski definition) is 3. The van der Waals surface area contributed by atoms with Gasteiger partial charge in [0, 0.05) is 18.3 Å². The first kappa shape index (κ1) is 21.0. The Morgan fingerprint density at radius 2 is 1.96 bits per heavy atom. The fraction of sp³-hybridized carbons (Fsp3) is 0.542. The van der Waals surface area contributed by atoms with Gasteiger partial charge in [-0.05, 0) is 48.7 Å². The molecule has 0 bridgehead atoms. The minimum Gasteiger partial charge on any atom is -0.478 e. The van der Waals surface area contributed by atoms with Crippen molar-refractivity contribution < 1.29 is 9.90 Å². The van der Waals surface area contributed by atoms with Gasteiger partial charge in [-0.3, -0.25) is 0 Å². The number of carboxylic acids is 1. The summed E-state index contributed by atoms with van der Waals surface area (Å²) in [6.45, 7) is 8.45. The van der Waals surface area contributed by atoms with Gasteiger partial charge in [0.1, 0.15) is 0 Å². The van der Waals surface area contributed by atoms with Crippen LogP contribution in [-0.4, -0.2) is 34.3 Å². The minimum atomic E-state index is -0.809. The normalized spacial score (nSPS) is 22.8. The summed E-state index contributed by atoms with van der Waals surface area (Å²) in [7, 11) is 0. The average Bonchev–Trinajstić information content (AvgIpc) is 3.07. The molecule has 1 saturated carbocycles. The molecule has 0 radical (unpaired) electrons. The molecule has 1 aliphatic carbocycles. The highest BCUT2D eigenvalue weighted by Gasteiger charge is 2.32. The summed E-state index contributed by atoms with van der Waals surface area (Å²) in [6, 6.07) is 10.7. The number of aliphatic carboxylic acids is 1. The molecule has 152 valence electrons. The first-order chi connectivity index (χ1) is 13.3. The highest BCUT2D eigenvalue weighted by atomic mass is 32.2. The lowest BCUT2D eigenvalue weighted by atomic mass is 9.92. The topological polar surface area (TPSA) is 40.5 Å². The summed E-state index contributed by atoms with van der Waals surface area (Å²) >= 11 is 1.82. The molecule has 1 aromatic carbocycles. The third-order valence-electron chi connectivity index (χ3n) is 5.68. The summed E-state index contributed by atoms with van der Waals surface area (Å²) in [5.74, 6) is -0.192. The van der Waals surface area contributed by atoms with Crippen molar-refractivity contribution in [2.45, 2.75) is 58.1 Å². The second-order valence-electron chi connectivity index (χ2n) is 9.22.